The number of rotatable bonds is 5. The minimum atomic E-state index is -0.849. The van der Waals surface area contributed by atoms with Gasteiger partial charge in [-0.3, -0.25) is 20.2 Å². The standard InChI is InChI=1S/C14H9BrF2N2O4/c15-7-10-4-9(14(19(22)23)6-13(10)17)3-8-1-2-11(18(20)21)5-12(8)16/h1-2,4-6H,3,7H2. The lowest BCUT2D eigenvalue weighted by Gasteiger charge is -2.07. The highest BCUT2D eigenvalue weighted by atomic mass is 79.9. The van der Waals surface area contributed by atoms with E-state index in [0.717, 1.165) is 18.2 Å². The Kier molecular flexibility index (Phi) is 4.99. The smallest absolute Gasteiger partial charge is 0.258 e. The summed E-state index contributed by atoms with van der Waals surface area (Å²) in [4.78, 5) is 20.1. The maximum Gasteiger partial charge on any atom is 0.275 e. The molecule has 9 heteroatoms. The Morgan fingerprint density at radius 3 is 2.09 bits per heavy atom. The van der Waals surface area contributed by atoms with Gasteiger partial charge in [0.15, 0.2) is 0 Å². The van der Waals surface area contributed by atoms with Crippen molar-refractivity contribution < 1.29 is 18.6 Å². The van der Waals surface area contributed by atoms with Crippen LogP contribution in [0.5, 0.6) is 0 Å². The Hall–Kier alpha value is -2.42. The third-order valence-electron chi connectivity index (χ3n) is 3.22. The van der Waals surface area contributed by atoms with Crippen LogP contribution in [0.2, 0.25) is 0 Å². The third-order valence-corrected chi connectivity index (χ3v) is 3.82. The van der Waals surface area contributed by atoms with Gasteiger partial charge < -0.3 is 0 Å². The van der Waals surface area contributed by atoms with Crippen LogP contribution in [-0.2, 0) is 11.8 Å². The van der Waals surface area contributed by atoms with Gasteiger partial charge in [0, 0.05) is 23.4 Å². The Morgan fingerprint density at radius 1 is 0.913 bits per heavy atom. The van der Waals surface area contributed by atoms with E-state index in [9.17, 15) is 29.0 Å². The first kappa shape index (κ1) is 16.9. The molecule has 0 radical (unpaired) electrons. The van der Waals surface area contributed by atoms with Gasteiger partial charge in [-0.2, -0.15) is 0 Å². The van der Waals surface area contributed by atoms with Gasteiger partial charge in [0.05, 0.1) is 22.0 Å². The number of hydrogen-bond donors (Lipinski definition) is 0. The lowest BCUT2D eigenvalue weighted by Crippen LogP contribution is -2.02. The first-order valence-corrected chi connectivity index (χ1v) is 7.40. The van der Waals surface area contributed by atoms with Crippen LogP contribution in [0.15, 0.2) is 30.3 Å². The van der Waals surface area contributed by atoms with E-state index in [1.54, 1.807) is 0 Å². The van der Waals surface area contributed by atoms with Crippen LogP contribution in [0.1, 0.15) is 16.7 Å². The van der Waals surface area contributed by atoms with Crippen molar-refractivity contribution in [1.29, 1.82) is 0 Å². The Labute approximate surface area is 137 Å². The quantitative estimate of drug-likeness (QED) is 0.436. The summed E-state index contributed by atoms with van der Waals surface area (Å²) in [6.07, 6.45) is -0.180. The van der Waals surface area contributed by atoms with Gasteiger partial charge >= 0.3 is 0 Å². The van der Waals surface area contributed by atoms with E-state index in [-0.39, 0.29) is 28.4 Å². The Bertz CT molecular complexity index is 799. The molecular formula is C14H9BrF2N2O4. The zero-order valence-corrected chi connectivity index (χ0v) is 13.0. The molecule has 0 unspecified atom stereocenters. The van der Waals surface area contributed by atoms with E-state index in [2.05, 4.69) is 15.9 Å². The SMILES string of the molecule is O=[N+]([O-])c1ccc(Cc2cc(CBr)c(F)cc2[N+](=O)[O-])c(F)c1. The summed E-state index contributed by atoms with van der Waals surface area (Å²) < 4.78 is 27.6. The van der Waals surface area contributed by atoms with Crippen LogP contribution in [0, 0.1) is 31.9 Å². The molecule has 23 heavy (non-hydrogen) atoms. The number of nitro benzene ring substituents is 2. The highest BCUT2D eigenvalue weighted by Gasteiger charge is 2.20. The van der Waals surface area contributed by atoms with Gasteiger partial charge in [-0.1, -0.05) is 15.9 Å². The molecule has 0 amide bonds. The molecule has 0 aliphatic rings. The number of benzene rings is 2. The first-order valence-electron chi connectivity index (χ1n) is 6.28. The van der Waals surface area contributed by atoms with E-state index in [1.807, 2.05) is 0 Å². The monoisotopic (exact) mass is 386 g/mol. The average Bonchev–Trinajstić information content (AvgIpc) is 2.49. The van der Waals surface area contributed by atoms with Crippen LogP contribution in [-0.4, -0.2) is 9.85 Å². The zero-order chi connectivity index (χ0) is 17.1. The van der Waals surface area contributed by atoms with Crippen molar-refractivity contribution in [2.45, 2.75) is 11.8 Å². The van der Waals surface area contributed by atoms with Crippen LogP contribution < -0.4 is 0 Å². The van der Waals surface area contributed by atoms with Crippen molar-refractivity contribution in [2.75, 3.05) is 0 Å². The van der Waals surface area contributed by atoms with Gasteiger partial charge in [-0.05, 0) is 23.3 Å². The number of nitrogens with zero attached hydrogens (tertiary/aromatic N) is 2. The number of non-ortho nitro benzene ring substituents is 1. The van der Waals surface area contributed by atoms with Crippen molar-refractivity contribution in [2.24, 2.45) is 0 Å². The van der Waals surface area contributed by atoms with Crippen LogP contribution in [0.4, 0.5) is 20.2 Å². The molecule has 0 N–H and O–H groups in total. The van der Waals surface area contributed by atoms with E-state index in [4.69, 9.17) is 0 Å². The molecule has 120 valence electrons. The fraction of sp³-hybridized carbons (Fsp3) is 0.143. The highest BCUT2D eigenvalue weighted by Crippen LogP contribution is 2.28. The van der Waals surface area contributed by atoms with Crippen molar-refractivity contribution >= 4 is 27.3 Å². The lowest BCUT2D eigenvalue weighted by atomic mass is 10.0. The minimum absolute atomic E-state index is 0.0471. The minimum Gasteiger partial charge on any atom is -0.258 e. The number of hydrogen-bond acceptors (Lipinski definition) is 4. The molecule has 0 aromatic heterocycles. The van der Waals surface area contributed by atoms with Crippen molar-refractivity contribution in [1.82, 2.24) is 0 Å². The Morgan fingerprint density at radius 2 is 1.57 bits per heavy atom. The fourth-order valence-corrected chi connectivity index (χ4v) is 2.50. The molecule has 0 saturated heterocycles. The van der Waals surface area contributed by atoms with E-state index in [1.165, 1.54) is 12.1 Å². The molecule has 6 nitrogen and oxygen atoms in total. The molecule has 2 aromatic rings. The second-order valence-electron chi connectivity index (χ2n) is 4.67. The normalized spacial score (nSPS) is 10.6. The predicted molar refractivity (Wildman–Crippen MR) is 81.5 cm³/mol. The van der Waals surface area contributed by atoms with Crippen molar-refractivity contribution in [3.8, 4) is 0 Å². The topological polar surface area (TPSA) is 86.3 Å². The van der Waals surface area contributed by atoms with Gasteiger partial charge in [0.2, 0.25) is 0 Å². The molecular weight excluding hydrogens is 378 g/mol. The largest absolute Gasteiger partial charge is 0.275 e. The first-order chi connectivity index (χ1) is 10.8. The Balaban J connectivity index is 2.47. The number of nitro groups is 2. The molecule has 0 aliphatic carbocycles. The summed E-state index contributed by atoms with van der Waals surface area (Å²) >= 11 is 3.07. The second kappa shape index (κ2) is 6.78. The van der Waals surface area contributed by atoms with E-state index >= 15 is 0 Å². The van der Waals surface area contributed by atoms with Gasteiger partial charge in [0.25, 0.3) is 11.4 Å². The number of halogens is 3. The lowest BCUT2D eigenvalue weighted by molar-refractivity contribution is -0.385. The molecule has 0 atom stereocenters. The summed E-state index contributed by atoms with van der Waals surface area (Å²) in [6.45, 7) is 0. The zero-order valence-electron chi connectivity index (χ0n) is 11.5. The summed E-state index contributed by atoms with van der Waals surface area (Å²) in [5.41, 5.74) is -0.511. The third kappa shape index (κ3) is 3.67. The molecule has 0 heterocycles. The van der Waals surface area contributed by atoms with Gasteiger partial charge in [0.1, 0.15) is 11.6 Å². The summed E-state index contributed by atoms with van der Waals surface area (Å²) in [5, 5.41) is 21.8. The molecule has 0 saturated carbocycles. The number of alkyl halides is 1. The van der Waals surface area contributed by atoms with Crippen LogP contribution >= 0.6 is 15.9 Å². The molecule has 2 aromatic carbocycles. The van der Waals surface area contributed by atoms with E-state index in [0.29, 0.717) is 0 Å². The molecule has 0 aliphatic heterocycles. The maximum absolute atomic E-state index is 13.9. The van der Waals surface area contributed by atoms with Crippen molar-refractivity contribution in [3.05, 3.63) is 78.9 Å². The molecule has 2 rings (SSSR count). The van der Waals surface area contributed by atoms with Crippen LogP contribution in [0.3, 0.4) is 0 Å². The average molecular weight is 387 g/mol. The summed E-state index contributed by atoms with van der Waals surface area (Å²) in [7, 11) is 0. The van der Waals surface area contributed by atoms with Gasteiger partial charge in [-0.15, -0.1) is 0 Å². The fourth-order valence-electron chi connectivity index (χ4n) is 2.07. The molecule has 0 spiro atoms. The second-order valence-corrected chi connectivity index (χ2v) is 5.23. The van der Waals surface area contributed by atoms with Gasteiger partial charge in [-0.25, -0.2) is 8.78 Å². The molecule has 0 fully saturated rings. The van der Waals surface area contributed by atoms with Crippen molar-refractivity contribution in [3.63, 3.8) is 0 Å². The predicted octanol–water partition coefficient (Wildman–Crippen LogP) is 4.27. The maximum atomic E-state index is 13.9. The van der Waals surface area contributed by atoms with E-state index < -0.39 is 32.9 Å². The highest BCUT2D eigenvalue weighted by molar-refractivity contribution is 9.08. The molecule has 0 bridgehead atoms. The summed E-state index contributed by atoms with van der Waals surface area (Å²) in [6, 6.07) is 5.11. The summed E-state index contributed by atoms with van der Waals surface area (Å²) in [5.74, 6) is -1.58. The van der Waals surface area contributed by atoms with Crippen LogP contribution in [0.25, 0.3) is 0 Å².